The van der Waals surface area contributed by atoms with Crippen molar-refractivity contribution in [2.75, 3.05) is 0 Å². The van der Waals surface area contributed by atoms with Crippen LogP contribution in [0.3, 0.4) is 0 Å². The zero-order valence-electron chi connectivity index (χ0n) is 11.1. The molecule has 2 rings (SSSR count). The lowest BCUT2D eigenvalue weighted by Crippen LogP contribution is -2.40. The molecule has 0 heterocycles. The molecule has 1 aromatic carbocycles. The van der Waals surface area contributed by atoms with Gasteiger partial charge in [-0.15, -0.1) is 0 Å². The van der Waals surface area contributed by atoms with Gasteiger partial charge in [0.2, 0.25) is 10.0 Å². The van der Waals surface area contributed by atoms with Gasteiger partial charge < -0.3 is 5.11 Å². The number of hydrogen-bond acceptors (Lipinski definition) is 3. The molecular formula is C13H15ClFNO4S. The van der Waals surface area contributed by atoms with Crippen LogP contribution in [0.25, 0.3) is 0 Å². The summed E-state index contributed by atoms with van der Waals surface area (Å²) in [6.07, 6.45) is 1.94. The van der Waals surface area contributed by atoms with Gasteiger partial charge in [0, 0.05) is 6.04 Å². The minimum absolute atomic E-state index is 0.0745. The van der Waals surface area contributed by atoms with E-state index in [-0.39, 0.29) is 16.3 Å². The molecule has 0 amide bonds. The Morgan fingerprint density at radius 1 is 1.38 bits per heavy atom. The van der Waals surface area contributed by atoms with Crippen LogP contribution in [0.15, 0.2) is 23.1 Å². The predicted molar refractivity (Wildman–Crippen MR) is 75.1 cm³/mol. The lowest BCUT2D eigenvalue weighted by atomic mass is 9.86. The maximum absolute atomic E-state index is 13.2. The molecule has 1 fully saturated rings. The zero-order chi connectivity index (χ0) is 15.6. The Kier molecular flexibility index (Phi) is 4.85. The first kappa shape index (κ1) is 16.2. The molecule has 1 aromatic rings. The van der Waals surface area contributed by atoms with Crippen molar-refractivity contribution in [1.82, 2.24) is 4.72 Å². The van der Waals surface area contributed by atoms with Crippen molar-refractivity contribution in [3.63, 3.8) is 0 Å². The van der Waals surface area contributed by atoms with E-state index in [1.54, 1.807) is 0 Å². The number of carboxylic acid groups (broad SMARTS) is 1. The number of sulfonamides is 1. The van der Waals surface area contributed by atoms with Gasteiger partial charge in [-0.05, 0) is 37.5 Å². The molecule has 0 aromatic heterocycles. The molecule has 2 N–H and O–H groups in total. The average Bonchev–Trinajstić information content (AvgIpc) is 2.41. The monoisotopic (exact) mass is 335 g/mol. The number of carbonyl (C=O) groups is 1. The molecule has 1 aliphatic carbocycles. The van der Waals surface area contributed by atoms with E-state index in [0.717, 1.165) is 12.1 Å². The molecule has 21 heavy (non-hydrogen) atoms. The summed E-state index contributed by atoms with van der Waals surface area (Å²) in [4.78, 5) is 10.7. The molecule has 8 heteroatoms. The molecule has 0 radical (unpaired) electrons. The highest BCUT2D eigenvalue weighted by Crippen LogP contribution is 2.27. The summed E-state index contributed by atoms with van der Waals surface area (Å²) in [6.45, 7) is 0. The van der Waals surface area contributed by atoms with Crippen LogP contribution in [0.5, 0.6) is 0 Å². The van der Waals surface area contributed by atoms with Crippen molar-refractivity contribution < 1.29 is 22.7 Å². The largest absolute Gasteiger partial charge is 0.481 e. The van der Waals surface area contributed by atoms with Gasteiger partial charge in [-0.3, -0.25) is 4.79 Å². The van der Waals surface area contributed by atoms with Crippen molar-refractivity contribution in [3.8, 4) is 0 Å². The van der Waals surface area contributed by atoms with Crippen LogP contribution >= 0.6 is 11.6 Å². The maximum Gasteiger partial charge on any atom is 0.306 e. The van der Waals surface area contributed by atoms with Crippen molar-refractivity contribution in [1.29, 1.82) is 0 Å². The van der Waals surface area contributed by atoms with Gasteiger partial charge in [0.1, 0.15) is 10.7 Å². The van der Waals surface area contributed by atoms with Gasteiger partial charge in [0.05, 0.1) is 10.9 Å². The molecular weight excluding hydrogens is 321 g/mol. The highest BCUT2D eigenvalue weighted by Gasteiger charge is 2.30. The minimum Gasteiger partial charge on any atom is -0.481 e. The number of carboxylic acids is 1. The number of aliphatic carboxylic acids is 1. The zero-order valence-corrected chi connectivity index (χ0v) is 12.6. The van der Waals surface area contributed by atoms with Gasteiger partial charge in [0.25, 0.3) is 0 Å². The molecule has 0 spiro atoms. The average molecular weight is 336 g/mol. The normalized spacial score (nSPS) is 23.0. The number of rotatable bonds is 4. The van der Waals surface area contributed by atoms with Gasteiger partial charge in [-0.1, -0.05) is 18.0 Å². The SMILES string of the molecule is O=C(O)C1CCCC(NS(=O)(=O)c2cc(F)ccc2Cl)C1. The fourth-order valence-electron chi connectivity index (χ4n) is 2.49. The first-order valence-corrected chi connectivity index (χ1v) is 8.36. The Balaban J connectivity index is 2.17. The van der Waals surface area contributed by atoms with Crippen molar-refractivity contribution in [2.24, 2.45) is 5.92 Å². The number of hydrogen-bond donors (Lipinski definition) is 2. The molecule has 2 unspecified atom stereocenters. The Bertz CT molecular complexity index is 650. The fraction of sp³-hybridized carbons (Fsp3) is 0.462. The minimum atomic E-state index is -3.98. The highest BCUT2D eigenvalue weighted by molar-refractivity contribution is 7.89. The summed E-state index contributed by atoms with van der Waals surface area (Å²) in [5, 5.41) is 8.93. The van der Waals surface area contributed by atoms with Crippen LogP contribution in [-0.4, -0.2) is 25.5 Å². The van der Waals surface area contributed by atoms with Gasteiger partial charge in [-0.2, -0.15) is 0 Å². The molecule has 0 saturated heterocycles. The van der Waals surface area contributed by atoms with Crippen LogP contribution in [0.1, 0.15) is 25.7 Å². The third kappa shape index (κ3) is 3.93. The number of benzene rings is 1. The quantitative estimate of drug-likeness (QED) is 0.885. The summed E-state index contributed by atoms with van der Waals surface area (Å²) in [5.41, 5.74) is 0. The number of nitrogens with one attached hydrogen (secondary N) is 1. The van der Waals surface area contributed by atoms with Crippen LogP contribution in [0.2, 0.25) is 5.02 Å². The summed E-state index contributed by atoms with van der Waals surface area (Å²) >= 11 is 5.80. The number of halogens is 2. The van der Waals surface area contributed by atoms with E-state index in [2.05, 4.69) is 4.72 Å². The molecule has 116 valence electrons. The van der Waals surface area contributed by atoms with E-state index < -0.39 is 33.8 Å². The van der Waals surface area contributed by atoms with E-state index >= 15 is 0 Å². The van der Waals surface area contributed by atoms with Gasteiger partial charge in [0.15, 0.2) is 0 Å². The van der Waals surface area contributed by atoms with Crippen LogP contribution in [0, 0.1) is 11.7 Å². The molecule has 0 bridgehead atoms. The van der Waals surface area contributed by atoms with E-state index in [9.17, 15) is 17.6 Å². The third-order valence-electron chi connectivity index (χ3n) is 3.53. The Hall–Kier alpha value is -1.18. The van der Waals surface area contributed by atoms with Crippen molar-refractivity contribution >= 4 is 27.6 Å². The first-order chi connectivity index (χ1) is 9.79. The summed E-state index contributed by atoms with van der Waals surface area (Å²) in [7, 11) is -3.98. The standard InChI is InChI=1S/C13H15ClFNO4S/c14-11-5-4-9(15)7-12(11)21(19,20)16-10-3-1-2-8(6-10)13(17)18/h4-5,7-8,10,16H,1-3,6H2,(H,17,18). The molecule has 1 aliphatic rings. The second kappa shape index (κ2) is 6.29. The van der Waals surface area contributed by atoms with Crippen molar-refractivity contribution in [2.45, 2.75) is 36.6 Å². The lowest BCUT2D eigenvalue weighted by molar-refractivity contribution is -0.143. The van der Waals surface area contributed by atoms with Crippen molar-refractivity contribution in [3.05, 3.63) is 29.0 Å². The summed E-state index contributed by atoms with van der Waals surface area (Å²) in [5.74, 6) is -2.19. The summed E-state index contributed by atoms with van der Waals surface area (Å²) in [6, 6.07) is 2.61. The van der Waals surface area contributed by atoms with Crippen LogP contribution < -0.4 is 4.72 Å². The van der Waals surface area contributed by atoms with E-state index in [1.807, 2.05) is 0 Å². The maximum atomic E-state index is 13.2. The third-order valence-corrected chi connectivity index (χ3v) is 5.53. The molecule has 0 aliphatic heterocycles. The van der Waals surface area contributed by atoms with Crippen LogP contribution in [0.4, 0.5) is 4.39 Å². The highest BCUT2D eigenvalue weighted by atomic mass is 35.5. The van der Waals surface area contributed by atoms with E-state index in [4.69, 9.17) is 16.7 Å². The first-order valence-electron chi connectivity index (χ1n) is 6.50. The Morgan fingerprint density at radius 2 is 2.10 bits per heavy atom. The Labute approximate surface area is 127 Å². The molecule has 5 nitrogen and oxygen atoms in total. The predicted octanol–water partition coefficient (Wildman–Crippen LogP) is 2.40. The lowest BCUT2D eigenvalue weighted by Gasteiger charge is -2.27. The van der Waals surface area contributed by atoms with Crippen LogP contribution in [-0.2, 0) is 14.8 Å². The second-order valence-corrected chi connectivity index (χ2v) is 7.18. The topological polar surface area (TPSA) is 83.5 Å². The van der Waals surface area contributed by atoms with Gasteiger partial charge >= 0.3 is 5.97 Å². The van der Waals surface area contributed by atoms with E-state index in [1.165, 1.54) is 6.07 Å². The molecule has 1 saturated carbocycles. The fourth-order valence-corrected chi connectivity index (χ4v) is 4.28. The molecule has 2 atom stereocenters. The summed E-state index contributed by atoms with van der Waals surface area (Å²) < 4.78 is 40.1. The van der Waals surface area contributed by atoms with E-state index in [0.29, 0.717) is 19.3 Å². The van der Waals surface area contributed by atoms with Gasteiger partial charge in [-0.25, -0.2) is 17.5 Å². The second-order valence-electron chi connectivity index (χ2n) is 5.09. The smallest absolute Gasteiger partial charge is 0.306 e. The Morgan fingerprint density at radius 3 is 2.76 bits per heavy atom.